The molecule has 1 aromatic carbocycles. The Morgan fingerprint density at radius 2 is 2.29 bits per heavy atom. The third-order valence-electron chi connectivity index (χ3n) is 1.64. The van der Waals surface area contributed by atoms with E-state index in [2.05, 4.69) is 15.9 Å². The number of halogens is 1. The summed E-state index contributed by atoms with van der Waals surface area (Å²) in [6, 6.07) is 3.42. The molecule has 3 N–H and O–H groups in total. The van der Waals surface area contributed by atoms with Crippen molar-refractivity contribution in [3.8, 4) is 0 Å². The molecular weight excluding hydrogens is 266 g/mol. The number of carbonyl (C=O) groups is 1. The van der Waals surface area contributed by atoms with Crippen molar-refractivity contribution in [2.24, 2.45) is 0 Å². The molecule has 0 saturated carbocycles. The fraction of sp³-hybridized carbons (Fsp3) is 0.222. The van der Waals surface area contributed by atoms with Gasteiger partial charge in [-0.05, 0) is 33.8 Å². The highest BCUT2D eigenvalue weighted by atomic mass is 79.9. The SMILES string of the molecule is CCSc1cc(Br)c(N)c(C(=O)O)c1. The fourth-order valence-corrected chi connectivity index (χ4v) is 2.37. The van der Waals surface area contributed by atoms with Gasteiger partial charge in [0.2, 0.25) is 0 Å². The lowest BCUT2D eigenvalue weighted by Crippen LogP contribution is -2.03. The van der Waals surface area contributed by atoms with Crippen molar-refractivity contribution in [2.75, 3.05) is 11.5 Å². The first-order valence-electron chi connectivity index (χ1n) is 4.01. The van der Waals surface area contributed by atoms with Crippen molar-refractivity contribution in [1.29, 1.82) is 0 Å². The van der Waals surface area contributed by atoms with Crippen LogP contribution in [-0.2, 0) is 0 Å². The van der Waals surface area contributed by atoms with Crippen molar-refractivity contribution in [3.63, 3.8) is 0 Å². The van der Waals surface area contributed by atoms with Crippen molar-refractivity contribution in [3.05, 3.63) is 22.2 Å². The van der Waals surface area contributed by atoms with Gasteiger partial charge in [-0.15, -0.1) is 11.8 Å². The van der Waals surface area contributed by atoms with E-state index < -0.39 is 5.97 Å². The minimum absolute atomic E-state index is 0.148. The predicted octanol–water partition coefficient (Wildman–Crippen LogP) is 2.84. The molecule has 0 aliphatic heterocycles. The lowest BCUT2D eigenvalue weighted by molar-refractivity contribution is 0.0697. The zero-order valence-corrected chi connectivity index (χ0v) is 9.98. The molecule has 0 fully saturated rings. The Labute approximate surface area is 94.8 Å². The molecule has 0 saturated heterocycles. The second-order valence-corrected chi connectivity index (χ2v) is 4.80. The largest absolute Gasteiger partial charge is 0.478 e. The Balaban J connectivity index is 3.21. The lowest BCUT2D eigenvalue weighted by atomic mass is 10.2. The highest BCUT2D eigenvalue weighted by molar-refractivity contribution is 9.10. The van der Waals surface area contributed by atoms with Gasteiger partial charge in [-0.3, -0.25) is 0 Å². The highest BCUT2D eigenvalue weighted by Crippen LogP contribution is 2.30. The van der Waals surface area contributed by atoms with Gasteiger partial charge in [-0.2, -0.15) is 0 Å². The van der Waals surface area contributed by atoms with E-state index in [4.69, 9.17) is 10.8 Å². The Bertz CT molecular complexity index is 368. The third-order valence-corrected chi connectivity index (χ3v) is 3.16. The standard InChI is InChI=1S/C9H10BrNO2S/c1-2-14-5-3-6(9(12)13)8(11)7(10)4-5/h3-4H,2,11H2,1H3,(H,12,13). The number of carboxylic acids is 1. The number of benzene rings is 1. The van der Waals surface area contributed by atoms with E-state index in [0.29, 0.717) is 4.47 Å². The van der Waals surface area contributed by atoms with Crippen molar-refractivity contribution in [2.45, 2.75) is 11.8 Å². The first kappa shape index (κ1) is 11.4. The van der Waals surface area contributed by atoms with Crippen LogP contribution in [0.25, 0.3) is 0 Å². The molecule has 0 aliphatic carbocycles. The van der Waals surface area contributed by atoms with E-state index >= 15 is 0 Å². The van der Waals surface area contributed by atoms with Crippen LogP contribution in [0.1, 0.15) is 17.3 Å². The summed E-state index contributed by atoms with van der Waals surface area (Å²) in [6.07, 6.45) is 0. The van der Waals surface area contributed by atoms with Crippen LogP contribution >= 0.6 is 27.7 Å². The fourth-order valence-electron chi connectivity index (χ4n) is 1.02. The van der Waals surface area contributed by atoms with E-state index in [1.54, 1.807) is 17.8 Å². The third kappa shape index (κ3) is 2.42. The molecule has 0 amide bonds. The van der Waals surface area contributed by atoms with E-state index in [1.165, 1.54) is 0 Å². The van der Waals surface area contributed by atoms with Gasteiger partial charge in [0.05, 0.1) is 11.3 Å². The van der Waals surface area contributed by atoms with Crippen LogP contribution in [0.3, 0.4) is 0 Å². The van der Waals surface area contributed by atoms with Gasteiger partial charge in [0.25, 0.3) is 0 Å². The van der Waals surface area contributed by atoms with E-state index in [-0.39, 0.29) is 11.3 Å². The number of thioether (sulfide) groups is 1. The van der Waals surface area contributed by atoms with Gasteiger partial charge in [-0.1, -0.05) is 6.92 Å². The molecule has 0 radical (unpaired) electrons. The second kappa shape index (κ2) is 4.70. The maximum Gasteiger partial charge on any atom is 0.337 e. The molecule has 0 unspecified atom stereocenters. The molecule has 0 heterocycles. The van der Waals surface area contributed by atoms with Crippen molar-refractivity contribution < 1.29 is 9.90 Å². The molecule has 1 rings (SSSR count). The van der Waals surface area contributed by atoms with Gasteiger partial charge in [0.1, 0.15) is 0 Å². The smallest absolute Gasteiger partial charge is 0.337 e. The van der Waals surface area contributed by atoms with Crippen LogP contribution in [0.4, 0.5) is 5.69 Å². The average molecular weight is 276 g/mol. The molecule has 5 heteroatoms. The minimum atomic E-state index is -0.998. The number of anilines is 1. The molecular formula is C9H10BrNO2S. The summed E-state index contributed by atoms with van der Waals surface area (Å²) in [4.78, 5) is 11.7. The van der Waals surface area contributed by atoms with E-state index in [9.17, 15) is 4.79 Å². The Morgan fingerprint density at radius 3 is 2.79 bits per heavy atom. The molecule has 0 aliphatic rings. The first-order chi connectivity index (χ1) is 6.56. The predicted molar refractivity (Wildman–Crippen MR) is 61.9 cm³/mol. The molecule has 14 heavy (non-hydrogen) atoms. The molecule has 1 aromatic rings. The molecule has 0 spiro atoms. The highest BCUT2D eigenvalue weighted by Gasteiger charge is 2.12. The topological polar surface area (TPSA) is 63.3 Å². The van der Waals surface area contributed by atoms with E-state index in [0.717, 1.165) is 10.6 Å². The number of nitrogens with two attached hydrogens (primary N) is 1. The number of rotatable bonds is 3. The minimum Gasteiger partial charge on any atom is -0.478 e. The molecule has 76 valence electrons. The van der Waals surface area contributed by atoms with Crippen LogP contribution in [0.5, 0.6) is 0 Å². The van der Waals surface area contributed by atoms with Crippen LogP contribution in [0.15, 0.2) is 21.5 Å². The van der Waals surface area contributed by atoms with Crippen LogP contribution in [0, 0.1) is 0 Å². The van der Waals surface area contributed by atoms with Crippen molar-refractivity contribution >= 4 is 39.3 Å². The summed E-state index contributed by atoms with van der Waals surface area (Å²) < 4.78 is 0.633. The average Bonchev–Trinajstić information content (AvgIpc) is 2.11. The van der Waals surface area contributed by atoms with Gasteiger partial charge >= 0.3 is 5.97 Å². The Kier molecular flexibility index (Phi) is 3.83. The van der Waals surface area contributed by atoms with Crippen LogP contribution in [0.2, 0.25) is 0 Å². The molecule has 0 bridgehead atoms. The summed E-state index contributed by atoms with van der Waals surface area (Å²) in [7, 11) is 0. The van der Waals surface area contributed by atoms with Gasteiger partial charge in [0, 0.05) is 9.37 Å². The lowest BCUT2D eigenvalue weighted by Gasteiger charge is -2.06. The summed E-state index contributed by atoms with van der Waals surface area (Å²) in [5.41, 5.74) is 6.04. The molecule has 0 aromatic heterocycles. The number of aromatic carboxylic acids is 1. The van der Waals surface area contributed by atoms with Crippen LogP contribution in [-0.4, -0.2) is 16.8 Å². The number of carboxylic acid groups (broad SMARTS) is 1. The zero-order valence-electron chi connectivity index (χ0n) is 7.58. The summed E-state index contributed by atoms with van der Waals surface area (Å²) in [6.45, 7) is 2.01. The summed E-state index contributed by atoms with van der Waals surface area (Å²) in [5.74, 6) is -0.100. The maximum atomic E-state index is 10.8. The molecule has 3 nitrogen and oxygen atoms in total. The van der Waals surface area contributed by atoms with Gasteiger partial charge < -0.3 is 10.8 Å². The van der Waals surface area contributed by atoms with Gasteiger partial charge in [0.15, 0.2) is 0 Å². The molecule has 0 atom stereocenters. The number of hydrogen-bond donors (Lipinski definition) is 2. The normalized spacial score (nSPS) is 10.1. The summed E-state index contributed by atoms with van der Waals surface area (Å²) in [5, 5.41) is 8.87. The van der Waals surface area contributed by atoms with E-state index in [1.807, 2.05) is 13.0 Å². The number of hydrogen-bond acceptors (Lipinski definition) is 3. The Morgan fingerprint density at radius 1 is 1.64 bits per heavy atom. The first-order valence-corrected chi connectivity index (χ1v) is 5.79. The summed E-state index contributed by atoms with van der Waals surface area (Å²) >= 11 is 4.81. The quantitative estimate of drug-likeness (QED) is 0.658. The second-order valence-electron chi connectivity index (χ2n) is 2.60. The number of nitrogen functional groups attached to an aromatic ring is 1. The Hall–Kier alpha value is -0.680. The zero-order chi connectivity index (χ0) is 10.7. The van der Waals surface area contributed by atoms with Crippen LogP contribution < -0.4 is 5.73 Å². The van der Waals surface area contributed by atoms with Crippen molar-refractivity contribution in [1.82, 2.24) is 0 Å². The maximum absolute atomic E-state index is 10.8. The monoisotopic (exact) mass is 275 g/mol. The van der Waals surface area contributed by atoms with Gasteiger partial charge in [-0.25, -0.2) is 4.79 Å².